The van der Waals surface area contributed by atoms with Crippen LogP contribution in [0.5, 0.6) is 0 Å². The number of aliphatic hydroxyl groups is 2. The van der Waals surface area contributed by atoms with Crippen molar-refractivity contribution in [2.75, 3.05) is 13.2 Å². The first-order chi connectivity index (χ1) is 11.7. The van der Waals surface area contributed by atoms with Gasteiger partial charge in [0.05, 0.1) is 12.7 Å². The number of carbonyl (C=O) groups excluding carboxylic acids is 1. The Morgan fingerprint density at radius 3 is 1.88 bits per heavy atom. The van der Waals surface area contributed by atoms with Crippen LogP contribution in [-0.4, -0.2) is 35.5 Å². The zero-order chi connectivity index (χ0) is 17.9. The van der Waals surface area contributed by atoms with E-state index < -0.39 is 0 Å². The minimum absolute atomic E-state index is 0.104. The maximum Gasteiger partial charge on any atom is 0.305 e. The van der Waals surface area contributed by atoms with Gasteiger partial charge in [-0.3, -0.25) is 4.79 Å². The van der Waals surface area contributed by atoms with Crippen molar-refractivity contribution >= 4 is 5.97 Å². The van der Waals surface area contributed by atoms with Crippen LogP contribution in [-0.2, 0) is 9.53 Å². The number of unbranched alkanes of at least 4 members (excludes halogenated alkanes) is 10. The van der Waals surface area contributed by atoms with Gasteiger partial charge in [0.15, 0.2) is 0 Å². The molecule has 0 saturated carbocycles. The van der Waals surface area contributed by atoms with Crippen molar-refractivity contribution in [3.8, 4) is 0 Å². The van der Waals surface area contributed by atoms with Gasteiger partial charge in [-0.1, -0.05) is 77.6 Å². The molecule has 0 saturated heterocycles. The zero-order valence-electron chi connectivity index (χ0n) is 15.8. The Morgan fingerprint density at radius 1 is 0.833 bits per heavy atom. The number of hydrogen-bond acceptors (Lipinski definition) is 4. The molecule has 0 aliphatic heterocycles. The smallest absolute Gasteiger partial charge is 0.305 e. The van der Waals surface area contributed by atoms with E-state index in [4.69, 9.17) is 9.84 Å². The summed E-state index contributed by atoms with van der Waals surface area (Å²) in [5, 5.41) is 18.5. The summed E-state index contributed by atoms with van der Waals surface area (Å²) < 4.78 is 4.80. The normalized spacial score (nSPS) is 12.3. The molecule has 4 heteroatoms. The molecule has 0 bridgehead atoms. The average molecular weight is 345 g/mol. The van der Waals surface area contributed by atoms with E-state index in [9.17, 15) is 9.90 Å². The molecule has 0 radical (unpaired) electrons. The lowest BCUT2D eigenvalue weighted by Gasteiger charge is -2.10. The fourth-order valence-electron chi connectivity index (χ4n) is 2.89. The topological polar surface area (TPSA) is 66.8 Å². The molecule has 1 atom stereocenters. The highest BCUT2D eigenvalue weighted by atomic mass is 16.5. The molecule has 0 amide bonds. The molecule has 0 heterocycles. The summed E-state index contributed by atoms with van der Waals surface area (Å²) in [5.41, 5.74) is 0. The van der Waals surface area contributed by atoms with Crippen LogP contribution in [0.15, 0.2) is 0 Å². The lowest BCUT2D eigenvalue weighted by atomic mass is 10.0. The van der Waals surface area contributed by atoms with E-state index in [0.717, 1.165) is 51.4 Å². The third-order valence-electron chi connectivity index (χ3n) is 4.41. The molecule has 0 aromatic carbocycles. The summed E-state index contributed by atoms with van der Waals surface area (Å²) in [7, 11) is 0. The molecule has 144 valence electrons. The number of carbonyl (C=O) groups is 1. The quantitative estimate of drug-likeness (QED) is 0.278. The molecule has 0 spiro atoms. The largest absolute Gasteiger partial charge is 0.463 e. The molecule has 0 fully saturated rings. The number of esters is 1. The van der Waals surface area contributed by atoms with Crippen molar-refractivity contribution in [1.29, 1.82) is 0 Å². The molecule has 0 aliphatic rings. The summed E-state index contributed by atoms with van der Waals surface area (Å²) in [6.07, 6.45) is 16.4. The summed E-state index contributed by atoms with van der Waals surface area (Å²) >= 11 is 0. The molecular weight excluding hydrogens is 304 g/mol. The van der Waals surface area contributed by atoms with Crippen LogP contribution in [0, 0.1) is 0 Å². The average Bonchev–Trinajstić information content (AvgIpc) is 2.58. The monoisotopic (exact) mass is 344 g/mol. The maximum absolute atomic E-state index is 11.2. The predicted molar refractivity (Wildman–Crippen MR) is 99.0 cm³/mol. The van der Waals surface area contributed by atoms with E-state index in [-0.39, 0.29) is 25.3 Å². The highest BCUT2D eigenvalue weighted by Crippen LogP contribution is 2.14. The van der Waals surface area contributed by atoms with E-state index in [2.05, 4.69) is 6.92 Å². The second kappa shape index (κ2) is 18.7. The van der Waals surface area contributed by atoms with E-state index in [0.29, 0.717) is 6.42 Å². The van der Waals surface area contributed by atoms with Gasteiger partial charge in [-0.2, -0.15) is 0 Å². The van der Waals surface area contributed by atoms with Crippen molar-refractivity contribution in [1.82, 2.24) is 0 Å². The molecule has 24 heavy (non-hydrogen) atoms. The lowest BCUT2D eigenvalue weighted by molar-refractivity contribution is -0.144. The number of aliphatic hydroxyl groups excluding tert-OH is 2. The first kappa shape index (κ1) is 23.4. The van der Waals surface area contributed by atoms with Gasteiger partial charge in [0.2, 0.25) is 0 Å². The Labute approximate surface area is 149 Å². The van der Waals surface area contributed by atoms with Crippen molar-refractivity contribution in [3.63, 3.8) is 0 Å². The Hall–Kier alpha value is -0.610. The molecule has 0 aromatic rings. The van der Waals surface area contributed by atoms with E-state index in [1.54, 1.807) is 0 Å². The maximum atomic E-state index is 11.2. The Morgan fingerprint density at radius 2 is 1.33 bits per heavy atom. The van der Waals surface area contributed by atoms with Crippen molar-refractivity contribution in [2.45, 2.75) is 109 Å². The molecule has 0 aliphatic carbocycles. The Kier molecular flexibility index (Phi) is 18.2. The van der Waals surface area contributed by atoms with Crippen LogP contribution >= 0.6 is 0 Å². The van der Waals surface area contributed by atoms with Gasteiger partial charge in [0.25, 0.3) is 0 Å². The highest BCUT2D eigenvalue weighted by molar-refractivity contribution is 5.69. The van der Waals surface area contributed by atoms with Crippen LogP contribution in [0.1, 0.15) is 103 Å². The second-order valence-corrected chi connectivity index (χ2v) is 6.81. The fraction of sp³-hybridized carbons (Fsp3) is 0.950. The highest BCUT2D eigenvalue weighted by Gasteiger charge is 2.04. The van der Waals surface area contributed by atoms with Crippen LogP contribution in [0.25, 0.3) is 0 Å². The van der Waals surface area contributed by atoms with Gasteiger partial charge in [-0.25, -0.2) is 0 Å². The van der Waals surface area contributed by atoms with Gasteiger partial charge < -0.3 is 14.9 Å². The van der Waals surface area contributed by atoms with Gasteiger partial charge >= 0.3 is 5.97 Å². The first-order valence-electron chi connectivity index (χ1n) is 10.1. The zero-order valence-corrected chi connectivity index (χ0v) is 15.8. The first-order valence-corrected chi connectivity index (χ1v) is 10.1. The number of ether oxygens (including phenoxy) is 1. The molecule has 4 nitrogen and oxygen atoms in total. The van der Waals surface area contributed by atoms with E-state index in [1.165, 1.54) is 38.5 Å². The minimum atomic E-state index is -0.214. The van der Waals surface area contributed by atoms with Crippen molar-refractivity contribution < 1.29 is 19.7 Å². The van der Waals surface area contributed by atoms with E-state index in [1.807, 2.05) is 0 Å². The number of rotatable bonds is 18. The van der Waals surface area contributed by atoms with Crippen LogP contribution in [0.2, 0.25) is 0 Å². The van der Waals surface area contributed by atoms with Gasteiger partial charge in [-0.05, 0) is 19.3 Å². The Bertz CT molecular complexity index is 268. The SMILES string of the molecule is CCCCCCCCC[C@@H](O)CCCCCCCC(=O)OCCO. The summed E-state index contributed by atoms with van der Waals surface area (Å²) in [5.74, 6) is -0.214. The second-order valence-electron chi connectivity index (χ2n) is 6.81. The third-order valence-corrected chi connectivity index (χ3v) is 4.41. The minimum Gasteiger partial charge on any atom is -0.463 e. The third kappa shape index (κ3) is 17.7. The van der Waals surface area contributed by atoms with Crippen LogP contribution in [0.4, 0.5) is 0 Å². The molecule has 0 unspecified atom stereocenters. The van der Waals surface area contributed by atoms with Crippen LogP contribution < -0.4 is 0 Å². The lowest BCUT2D eigenvalue weighted by Crippen LogP contribution is -2.08. The predicted octanol–water partition coefficient (Wildman–Crippen LogP) is 4.75. The summed E-state index contributed by atoms with van der Waals surface area (Å²) in [6.45, 7) is 2.24. The standard InChI is InChI=1S/C20H40O4/c1-2-3-4-5-6-8-11-14-19(22)15-12-9-7-10-13-16-20(23)24-18-17-21/h19,21-22H,2-18H2,1H3/t19-/m1/s1. The molecule has 0 aromatic heterocycles. The van der Waals surface area contributed by atoms with Crippen molar-refractivity contribution in [2.24, 2.45) is 0 Å². The molecular formula is C20H40O4. The summed E-state index contributed by atoms with van der Waals surface area (Å²) in [6, 6.07) is 0. The number of hydrogen-bond donors (Lipinski definition) is 2. The fourth-order valence-corrected chi connectivity index (χ4v) is 2.89. The van der Waals surface area contributed by atoms with Gasteiger partial charge in [0, 0.05) is 6.42 Å². The molecule has 0 rings (SSSR count). The van der Waals surface area contributed by atoms with Gasteiger partial charge in [0.1, 0.15) is 6.61 Å². The Balaban J connectivity index is 3.23. The molecule has 2 N–H and O–H groups in total. The van der Waals surface area contributed by atoms with Gasteiger partial charge in [-0.15, -0.1) is 0 Å². The van der Waals surface area contributed by atoms with Crippen molar-refractivity contribution in [3.05, 3.63) is 0 Å². The summed E-state index contributed by atoms with van der Waals surface area (Å²) in [4.78, 5) is 11.2. The van der Waals surface area contributed by atoms with E-state index >= 15 is 0 Å². The van der Waals surface area contributed by atoms with Crippen LogP contribution in [0.3, 0.4) is 0 Å².